The van der Waals surface area contributed by atoms with Gasteiger partial charge in [0, 0.05) is 11.8 Å². The number of ether oxygens (including phenoxy) is 2. The molecule has 0 aliphatic heterocycles. The zero-order valence-electron chi connectivity index (χ0n) is 13.8. The molecule has 0 saturated carbocycles. The maximum Gasteiger partial charge on any atom is 0.233 e. The van der Waals surface area contributed by atoms with Crippen molar-refractivity contribution in [1.82, 2.24) is 0 Å². The number of anilines is 2. The average Bonchev–Trinajstić information content (AvgIpc) is 2.61. The number of nitrogens with one attached hydrogen (secondary N) is 2. The molecule has 0 atom stereocenters. The molecule has 0 bridgehead atoms. The van der Waals surface area contributed by atoms with Crippen LogP contribution in [0.1, 0.15) is 12.0 Å². The van der Waals surface area contributed by atoms with Gasteiger partial charge in [-0.25, -0.2) is 0 Å². The number of methoxy groups -OCH3 is 2. The molecule has 0 unspecified atom stereocenters. The molecule has 0 fully saturated rings. The zero-order chi connectivity index (χ0) is 18.2. The largest absolute Gasteiger partial charge is 0.497 e. The van der Waals surface area contributed by atoms with Crippen LogP contribution in [0.4, 0.5) is 11.4 Å². The second-order valence-electron chi connectivity index (χ2n) is 5.03. The highest BCUT2D eigenvalue weighted by Gasteiger charge is 2.13. The molecule has 7 heteroatoms. The number of carbonyl (C=O) groups is 2. The summed E-state index contributed by atoms with van der Waals surface area (Å²) in [6.07, 6.45) is -0.378. The van der Waals surface area contributed by atoms with Crippen LogP contribution in [0.25, 0.3) is 0 Å². The maximum atomic E-state index is 12.1. The van der Waals surface area contributed by atoms with Crippen molar-refractivity contribution in [3.8, 4) is 17.6 Å². The summed E-state index contributed by atoms with van der Waals surface area (Å²) < 4.78 is 10.3. The van der Waals surface area contributed by atoms with Crippen LogP contribution in [-0.4, -0.2) is 26.0 Å². The zero-order valence-corrected chi connectivity index (χ0v) is 13.8. The van der Waals surface area contributed by atoms with Gasteiger partial charge in [-0.3, -0.25) is 9.59 Å². The molecule has 0 aliphatic rings. The van der Waals surface area contributed by atoms with Crippen LogP contribution >= 0.6 is 0 Å². The fourth-order valence-corrected chi connectivity index (χ4v) is 2.12. The van der Waals surface area contributed by atoms with E-state index in [9.17, 15) is 9.59 Å². The standard InChI is InChI=1S/C18H17N3O4/c1-24-14-6-7-16(25-2)15(9-14)21-18(23)10-17(22)20-13-5-3-4-12(8-13)11-19/h3-9H,10H2,1-2H3,(H,20,22)(H,21,23). The molecule has 2 aromatic carbocycles. The summed E-state index contributed by atoms with van der Waals surface area (Å²) in [4.78, 5) is 24.1. The van der Waals surface area contributed by atoms with Gasteiger partial charge in [0.05, 0.1) is 31.5 Å². The van der Waals surface area contributed by atoms with Crippen molar-refractivity contribution in [2.24, 2.45) is 0 Å². The second-order valence-corrected chi connectivity index (χ2v) is 5.03. The molecule has 2 N–H and O–H groups in total. The number of hydrogen-bond acceptors (Lipinski definition) is 5. The van der Waals surface area contributed by atoms with Crippen LogP contribution in [0.15, 0.2) is 42.5 Å². The van der Waals surface area contributed by atoms with Crippen LogP contribution in [0.5, 0.6) is 11.5 Å². The predicted octanol–water partition coefficient (Wildman–Crippen LogP) is 2.54. The first kappa shape index (κ1) is 17.8. The van der Waals surface area contributed by atoms with Crippen molar-refractivity contribution < 1.29 is 19.1 Å². The Hall–Kier alpha value is -3.53. The highest BCUT2D eigenvalue weighted by molar-refractivity contribution is 6.08. The van der Waals surface area contributed by atoms with E-state index >= 15 is 0 Å². The Morgan fingerprint density at radius 3 is 2.48 bits per heavy atom. The topological polar surface area (TPSA) is 100 Å². The number of hydrogen-bond donors (Lipinski definition) is 2. The minimum absolute atomic E-state index is 0.378. The van der Waals surface area contributed by atoms with Crippen molar-refractivity contribution in [2.45, 2.75) is 6.42 Å². The Kier molecular flexibility index (Phi) is 5.96. The SMILES string of the molecule is COc1ccc(OC)c(NC(=O)CC(=O)Nc2cccc(C#N)c2)c1. The molecule has 7 nitrogen and oxygen atoms in total. The first-order valence-electron chi connectivity index (χ1n) is 7.37. The molecule has 2 aromatic rings. The number of carbonyl (C=O) groups excluding carboxylic acids is 2. The molecule has 0 saturated heterocycles. The third-order valence-corrected chi connectivity index (χ3v) is 3.28. The number of rotatable bonds is 6. The molecule has 0 aliphatic carbocycles. The van der Waals surface area contributed by atoms with Gasteiger partial charge in [0.1, 0.15) is 17.9 Å². The van der Waals surface area contributed by atoms with Crippen molar-refractivity contribution in [3.63, 3.8) is 0 Å². The first-order chi connectivity index (χ1) is 12.0. The van der Waals surface area contributed by atoms with E-state index in [1.54, 1.807) is 36.4 Å². The molecule has 0 radical (unpaired) electrons. The van der Waals surface area contributed by atoms with E-state index < -0.39 is 11.8 Å². The van der Waals surface area contributed by atoms with Crippen molar-refractivity contribution in [3.05, 3.63) is 48.0 Å². The van der Waals surface area contributed by atoms with Crippen molar-refractivity contribution in [2.75, 3.05) is 24.9 Å². The first-order valence-corrected chi connectivity index (χ1v) is 7.37. The van der Waals surface area contributed by atoms with E-state index in [0.29, 0.717) is 28.4 Å². The lowest BCUT2D eigenvalue weighted by Crippen LogP contribution is -2.21. The molecular weight excluding hydrogens is 322 g/mol. The predicted molar refractivity (Wildman–Crippen MR) is 92.6 cm³/mol. The number of nitriles is 1. The smallest absolute Gasteiger partial charge is 0.233 e. The lowest BCUT2D eigenvalue weighted by Gasteiger charge is -2.12. The van der Waals surface area contributed by atoms with Crippen LogP contribution in [0.3, 0.4) is 0 Å². The van der Waals surface area contributed by atoms with E-state index in [4.69, 9.17) is 14.7 Å². The van der Waals surface area contributed by atoms with Gasteiger partial charge in [0.15, 0.2) is 0 Å². The fourth-order valence-electron chi connectivity index (χ4n) is 2.12. The monoisotopic (exact) mass is 339 g/mol. The summed E-state index contributed by atoms with van der Waals surface area (Å²) in [5.74, 6) is 0.0140. The fraction of sp³-hybridized carbons (Fsp3) is 0.167. The van der Waals surface area contributed by atoms with E-state index in [1.165, 1.54) is 20.3 Å². The Morgan fingerprint density at radius 2 is 1.80 bits per heavy atom. The Balaban J connectivity index is 2.00. The maximum absolute atomic E-state index is 12.1. The summed E-state index contributed by atoms with van der Waals surface area (Å²) in [5, 5.41) is 14.0. The minimum atomic E-state index is -0.500. The summed E-state index contributed by atoms with van der Waals surface area (Å²) >= 11 is 0. The van der Waals surface area contributed by atoms with E-state index in [0.717, 1.165) is 0 Å². The molecule has 0 heterocycles. The van der Waals surface area contributed by atoms with Crippen LogP contribution in [0.2, 0.25) is 0 Å². The second kappa shape index (κ2) is 8.36. The van der Waals surface area contributed by atoms with Crippen molar-refractivity contribution >= 4 is 23.2 Å². The number of benzene rings is 2. The van der Waals surface area contributed by atoms with Gasteiger partial charge >= 0.3 is 0 Å². The molecule has 2 rings (SSSR count). The lowest BCUT2D eigenvalue weighted by molar-refractivity contribution is -0.123. The summed E-state index contributed by atoms with van der Waals surface area (Å²) in [6.45, 7) is 0. The highest BCUT2D eigenvalue weighted by Crippen LogP contribution is 2.28. The third kappa shape index (κ3) is 4.97. The summed E-state index contributed by atoms with van der Waals surface area (Å²) in [6, 6.07) is 13.4. The number of nitrogens with zero attached hydrogens (tertiary/aromatic N) is 1. The van der Waals surface area contributed by atoms with Gasteiger partial charge in [-0.2, -0.15) is 5.26 Å². The van der Waals surface area contributed by atoms with Gasteiger partial charge in [0.25, 0.3) is 0 Å². The van der Waals surface area contributed by atoms with Crippen LogP contribution in [-0.2, 0) is 9.59 Å². The molecule has 0 aromatic heterocycles. The molecule has 25 heavy (non-hydrogen) atoms. The van der Waals surface area contributed by atoms with Gasteiger partial charge < -0.3 is 20.1 Å². The van der Waals surface area contributed by atoms with Gasteiger partial charge in [0.2, 0.25) is 11.8 Å². The Morgan fingerprint density at radius 1 is 1.04 bits per heavy atom. The Bertz CT molecular complexity index is 827. The highest BCUT2D eigenvalue weighted by atomic mass is 16.5. The molecule has 2 amide bonds. The summed E-state index contributed by atoms with van der Waals surface area (Å²) in [5.41, 5.74) is 1.28. The minimum Gasteiger partial charge on any atom is -0.497 e. The van der Waals surface area contributed by atoms with Crippen LogP contribution in [0, 0.1) is 11.3 Å². The average molecular weight is 339 g/mol. The quantitative estimate of drug-likeness (QED) is 0.788. The van der Waals surface area contributed by atoms with Gasteiger partial charge in [-0.15, -0.1) is 0 Å². The van der Waals surface area contributed by atoms with E-state index in [2.05, 4.69) is 10.6 Å². The van der Waals surface area contributed by atoms with Crippen molar-refractivity contribution in [1.29, 1.82) is 5.26 Å². The third-order valence-electron chi connectivity index (χ3n) is 3.28. The Labute approximate surface area is 145 Å². The normalized spacial score (nSPS) is 9.64. The number of amides is 2. The van der Waals surface area contributed by atoms with Crippen LogP contribution < -0.4 is 20.1 Å². The molecular formula is C18H17N3O4. The molecule has 128 valence electrons. The molecule has 0 spiro atoms. The summed E-state index contributed by atoms with van der Waals surface area (Å²) in [7, 11) is 2.99. The van der Waals surface area contributed by atoms with Gasteiger partial charge in [-0.05, 0) is 30.3 Å². The van der Waals surface area contributed by atoms with E-state index in [1.807, 2.05) is 6.07 Å². The van der Waals surface area contributed by atoms with Gasteiger partial charge in [-0.1, -0.05) is 6.07 Å². The van der Waals surface area contributed by atoms with E-state index in [-0.39, 0.29) is 6.42 Å². The lowest BCUT2D eigenvalue weighted by atomic mass is 10.2.